The molecule has 2 aromatic rings. The van der Waals surface area contributed by atoms with Crippen LogP contribution < -0.4 is 15.2 Å². The lowest BCUT2D eigenvalue weighted by atomic mass is 10.2. The van der Waals surface area contributed by atoms with E-state index in [1.165, 1.54) is 7.11 Å². The van der Waals surface area contributed by atoms with Crippen molar-refractivity contribution < 1.29 is 9.47 Å². The second-order valence-electron chi connectivity index (χ2n) is 3.50. The molecule has 0 saturated carbocycles. The van der Waals surface area contributed by atoms with Gasteiger partial charge in [0.25, 0.3) is 0 Å². The zero-order chi connectivity index (χ0) is 13.0. The van der Waals surface area contributed by atoms with Crippen molar-refractivity contribution in [3.8, 4) is 23.3 Å². The summed E-state index contributed by atoms with van der Waals surface area (Å²) in [6, 6.07) is 10.3. The van der Waals surface area contributed by atoms with Gasteiger partial charge in [-0.05, 0) is 18.2 Å². The summed E-state index contributed by atoms with van der Waals surface area (Å²) in [5.74, 6) is 1.94. The first-order valence-electron chi connectivity index (χ1n) is 5.20. The quantitative estimate of drug-likeness (QED) is 0.891. The number of benzene rings is 1. The van der Waals surface area contributed by atoms with Crippen LogP contribution in [0.3, 0.4) is 0 Å². The van der Waals surface area contributed by atoms with Gasteiger partial charge in [-0.3, -0.25) is 0 Å². The minimum absolute atomic E-state index is 0.375. The Morgan fingerprint density at radius 3 is 2.72 bits per heavy atom. The molecule has 5 heteroatoms. The summed E-state index contributed by atoms with van der Waals surface area (Å²) >= 11 is 0. The van der Waals surface area contributed by atoms with Gasteiger partial charge in [0.15, 0.2) is 11.5 Å². The lowest BCUT2D eigenvalue weighted by Crippen LogP contribution is -1.93. The van der Waals surface area contributed by atoms with Crippen molar-refractivity contribution in [1.29, 1.82) is 5.26 Å². The fourth-order valence-corrected chi connectivity index (χ4v) is 1.44. The molecule has 5 nitrogen and oxygen atoms in total. The van der Waals surface area contributed by atoms with Crippen molar-refractivity contribution in [1.82, 2.24) is 4.98 Å². The normalized spacial score (nSPS) is 9.56. The fraction of sp³-hybridized carbons (Fsp3) is 0.0769. The number of anilines is 1. The Bertz CT molecular complexity index is 605. The number of ether oxygens (including phenoxy) is 2. The molecule has 18 heavy (non-hydrogen) atoms. The summed E-state index contributed by atoms with van der Waals surface area (Å²) < 4.78 is 10.8. The molecule has 0 saturated heterocycles. The Hall–Kier alpha value is -2.74. The molecule has 0 aliphatic carbocycles. The Morgan fingerprint density at radius 1 is 1.22 bits per heavy atom. The predicted molar refractivity (Wildman–Crippen MR) is 66.4 cm³/mol. The first-order valence-corrected chi connectivity index (χ1v) is 5.20. The molecule has 2 rings (SSSR count). The van der Waals surface area contributed by atoms with E-state index in [0.717, 1.165) is 0 Å². The van der Waals surface area contributed by atoms with E-state index in [1.807, 2.05) is 6.07 Å². The van der Waals surface area contributed by atoms with Crippen LogP contribution in [-0.2, 0) is 0 Å². The van der Waals surface area contributed by atoms with Crippen molar-refractivity contribution in [2.75, 3.05) is 12.8 Å². The van der Waals surface area contributed by atoms with E-state index in [9.17, 15) is 0 Å². The lowest BCUT2D eigenvalue weighted by molar-refractivity contribution is 0.378. The van der Waals surface area contributed by atoms with Gasteiger partial charge in [-0.2, -0.15) is 5.26 Å². The number of pyridine rings is 1. The molecule has 0 unspecified atom stereocenters. The maximum Gasteiger partial charge on any atom is 0.169 e. The maximum atomic E-state index is 8.80. The maximum absolute atomic E-state index is 8.80. The number of nitrogens with two attached hydrogens (primary N) is 1. The van der Waals surface area contributed by atoms with Gasteiger partial charge in [-0.1, -0.05) is 0 Å². The Kier molecular flexibility index (Phi) is 3.30. The van der Waals surface area contributed by atoms with Crippen molar-refractivity contribution in [2.45, 2.75) is 0 Å². The zero-order valence-corrected chi connectivity index (χ0v) is 9.75. The van der Waals surface area contributed by atoms with Gasteiger partial charge in [0.2, 0.25) is 0 Å². The summed E-state index contributed by atoms with van der Waals surface area (Å²) in [5, 5.41) is 8.80. The standard InChI is InChI=1S/C13H11N3O2/c1-17-12-6-9(8-14)2-3-11(12)18-10-4-5-16-13(15)7-10/h2-7H,1H3,(H2,15,16). The number of nitrogens with zero attached hydrogens (tertiary/aromatic N) is 2. The van der Waals surface area contributed by atoms with Crippen molar-refractivity contribution in [3.63, 3.8) is 0 Å². The van der Waals surface area contributed by atoms with Crippen LogP contribution in [0.1, 0.15) is 5.56 Å². The second kappa shape index (κ2) is 5.06. The second-order valence-corrected chi connectivity index (χ2v) is 3.50. The minimum Gasteiger partial charge on any atom is -0.493 e. The van der Waals surface area contributed by atoms with Crippen LogP contribution in [0.25, 0.3) is 0 Å². The molecule has 0 aliphatic rings. The summed E-state index contributed by atoms with van der Waals surface area (Å²) in [4.78, 5) is 3.87. The first kappa shape index (κ1) is 11.7. The third-order valence-electron chi connectivity index (χ3n) is 2.27. The molecule has 0 radical (unpaired) electrons. The average molecular weight is 241 g/mol. The zero-order valence-electron chi connectivity index (χ0n) is 9.75. The van der Waals surface area contributed by atoms with E-state index in [4.69, 9.17) is 20.5 Å². The Morgan fingerprint density at radius 2 is 2.06 bits per heavy atom. The number of methoxy groups -OCH3 is 1. The minimum atomic E-state index is 0.375. The average Bonchev–Trinajstić information content (AvgIpc) is 2.39. The van der Waals surface area contributed by atoms with Gasteiger partial charge in [0.1, 0.15) is 11.6 Å². The van der Waals surface area contributed by atoms with Crippen molar-refractivity contribution in [3.05, 3.63) is 42.1 Å². The molecule has 0 bridgehead atoms. The van der Waals surface area contributed by atoms with Gasteiger partial charge in [-0.15, -0.1) is 0 Å². The summed E-state index contributed by atoms with van der Waals surface area (Å²) in [5.41, 5.74) is 6.07. The monoisotopic (exact) mass is 241 g/mol. The van der Waals surface area contributed by atoms with Crippen molar-refractivity contribution >= 4 is 5.82 Å². The van der Waals surface area contributed by atoms with E-state index in [1.54, 1.807) is 36.5 Å². The number of nitrogen functional groups attached to an aromatic ring is 1. The molecule has 0 spiro atoms. The van der Waals surface area contributed by atoms with Gasteiger partial charge in [-0.25, -0.2) is 4.98 Å². The van der Waals surface area contributed by atoms with Gasteiger partial charge in [0, 0.05) is 18.3 Å². The number of aromatic nitrogens is 1. The largest absolute Gasteiger partial charge is 0.493 e. The molecule has 90 valence electrons. The van der Waals surface area contributed by atoms with Gasteiger partial charge >= 0.3 is 0 Å². The first-order chi connectivity index (χ1) is 8.72. The van der Waals surface area contributed by atoms with Crippen LogP contribution >= 0.6 is 0 Å². The summed E-state index contributed by atoms with van der Waals surface area (Å²) in [7, 11) is 1.52. The third-order valence-corrected chi connectivity index (χ3v) is 2.27. The van der Waals surface area contributed by atoms with Crippen LogP contribution in [0.4, 0.5) is 5.82 Å². The smallest absolute Gasteiger partial charge is 0.169 e. The molecular weight excluding hydrogens is 230 g/mol. The molecule has 1 aromatic heterocycles. The molecule has 0 amide bonds. The highest BCUT2D eigenvalue weighted by Crippen LogP contribution is 2.32. The Balaban J connectivity index is 2.32. The summed E-state index contributed by atoms with van der Waals surface area (Å²) in [6.45, 7) is 0. The molecular formula is C13H11N3O2. The lowest BCUT2D eigenvalue weighted by Gasteiger charge is -2.10. The van der Waals surface area contributed by atoms with E-state index in [-0.39, 0.29) is 0 Å². The highest BCUT2D eigenvalue weighted by molar-refractivity contribution is 5.49. The van der Waals surface area contributed by atoms with Crippen LogP contribution in [0.2, 0.25) is 0 Å². The van der Waals surface area contributed by atoms with E-state index >= 15 is 0 Å². The van der Waals surface area contributed by atoms with Crippen LogP contribution in [-0.4, -0.2) is 12.1 Å². The van der Waals surface area contributed by atoms with Crippen LogP contribution in [0, 0.1) is 11.3 Å². The number of hydrogen-bond donors (Lipinski definition) is 1. The number of nitriles is 1. The fourth-order valence-electron chi connectivity index (χ4n) is 1.44. The third kappa shape index (κ3) is 2.50. The SMILES string of the molecule is COc1cc(C#N)ccc1Oc1ccnc(N)c1. The Labute approximate surface area is 104 Å². The summed E-state index contributed by atoms with van der Waals surface area (Å²) in [6.07, 6.45) is 1.56. The highest BCUT2D eigenvalue weighted by atomic mass is 16.5. The predicted octanol–water partition coefficient (Wildman–Crippen LogP) is 2.34. The molecule has 0 fully saturated rings. The van der Waals surface area contributed by atoms with Crippen molar-refractivity contribution in [2.24, 2.45) is 0 Å². The number of rotatable bonds is 3. The number of hydrogen-bond acceptors (Lipinski definition) is 5. The van der Waals surface area contributed by atoms with E-state index < -0.39 is 0 Å². The molecule has 2 N–H and O–H groups in total. The van der Waals surface area contributed by atoms with Gasteiger partial charge in [0.05, 0.1) is 18.7 Å². The van der Waals surface area contributed by atoms with E-state index in [2.05, 4.69) is 4.98 Å². The molecule has 1 heterocycles. The van der Waals surface area contributed by atoms with Crippen LogP contribution in [0.15, 0.2) is 36.5 Å². The molecule has 0 aliphatic heterocycles. The van der Waals surface area contributed by atoms with Crippen LogP contribution in [0.5, 0.6) is 17.2 Å². The van der Waals surface area contributed by atoms with Gasteiger partial charge < -0.3 is 15.2 Å². The topological polar surface area (TPSA) is 81.2 Å². The highest BCUT2D eigenvalue weighted by Gasteiger charge is 2.07. The molecule has 1 aromatic carbocycles. The van der Waals surface area contributed by atoms with E-state index in [0.29, 0.717) is 28.6 Å². The molecule has 0 atom stereocenters.